The van der Waals surface area contributed by atoms with Crippen molar-refractivity contribution in [1.82, 2.24) is 19.9 Å². The Morgan fingerprint density at radius 2 is 2.00 bits per heavy atom. The molecule has 2 fully saturated rings. The van der Waals surface area contributed by atoms with Gasteiger partial charge in [0, 0.05) is 50.3 Å². The van der Waals surface area contributed by atoms with E-state index in [-0.39, 0.29) is 6.10 Å². The molecule has 6 heteroatoms. The number of piperidine rings is 1. The fourth-order valence-corrected chi connectivity index (χ4v) is 3.84. The zero-order chi connectivity index (χ0) is 16.2. The van der Waals surface area contributed by atoms with Gasteiger partial charge in [-0.3, -0.25) is 9.88 Å². The fourth-order valence-electron chi connectivity index (χ4n) is 3.84. The van der Waals surface area contributed by atoms with Gasteiger partial charge in [-0.05, 0) is 42.6 Å². The molecule has 0 radical (unpaired) electrons. The van der Waals surface area contributed by atoms with Crippen LogP contribution < -0.4 is 5.32 Å². The molecule has 0 spiro atoms. The predicted octanol–water partition coefficient (Wildman–Crippen LogP) is 1.82. The molecule has 4 heterocycles. The van der Waals surface area contributed by atoms with Crippen LogP contribution in [-0.2, 0) is 11.3 Å². The van der Waals surface area contributed by atoms with E-state index < -0.39 is 0 Å². The normalized spacial score (nSPS) is 26.9. The molecule has 0 aromatic carbocycles. The minimum atomic E-state index is 0.266. The van der Waals surface area contributed by atoms with Gasteiger partial charge in [-0.1, -0.05) is 0 Å². The van der Waals surface area contributed by atoms with Crippen molar-refractivity contribution < 1.29 is 4.74 Å². The largest absolute Gasteiger partial charge is 0.376 e. The number of hydrogen-bond donors (Lipinski definition) is 1. The van der Waals surface area contributed by atoms with E-state index in [0.29, 0.717) is 17.8 Å². The molecule has 0 amide bonds. The summed E-state index contributed by atoms with van der Waals surface area (Å²) in [6.45, 7) is 4.90. The van der Waals surface area contributed by atoms with Gasteiger partial charge in [0.1, 0.15) is 0 Å². The minimum absolute atomic E-state index is 0.266. The predicted molar refractivity (Wildman–Crippen MR) is 91.4 cm³/mol. The van der Waals surface area contributed by atoms with Crippen LogP contribution in [0.3, 0.4) is 0 Å². The Kier molecular flexibility index (Phi) is 4.66. The van der Waals surface area contributed by atoms with Gasteiger partial charge in [0.25, 0.3) is 0 Å². The van der Waals surface area contributed by atoms with E-state index in [9.17, 15) is 0 Å². The lowest BCUT2D eigenvalue weighted by Crippen LogP contribution is -2.42. The maximum Gasteiger partial charge on any atom is 0.222 e. The standard InChI is InChI=1S/C18H23N5O/c1-5-20-18(21-6-1)22-10-17-16-4-9-23(12-15(16)13-24-17)11-14-2-7-19-8-3-14/h1-3,5-8,15-17H,4,9-13H2,(H,20,21,22)/t15-,16-,17+/m1/s1. The van der Waals surface area contributed by atoms with E-state index in [0.717, 1.165) is 32.8 Å². The van der Waals surface area contributed by atoms with Gasteiger partial charge in [0.2, 0.25) is 5.95 Å². The van der Waals surface area contributed by atoms with Gasteiger partial charge in [-0.2, -0.15) is 0 Å². The van der Waals surface area contributed by atoms with E-state index in [2.05, 4.69) is 37.3 Å². The zero-order valence-electron chi connectivity index (χ0n) is 13.7. The second-order valence-electron chi connectivity index (χ2n) is 6.63. The van der Waals surface area contributed by atoms with Crippen LogP contribution in [0.5, 0.6) is 0 Å². The number of hydrogen-bond acceptors (Lipinski definition) is 6. The molecule has 6 nitrogen and oxygen atoms in total. The minimum Gasteiger partial charge on any atom is -0.376 e. The Balaban J connectivity index is 1.30. The molecule has 2 saturated heterocycles. The summed E-state index contributed by atoms with van der Waals surface area (Å²) in [5.74, 6) is 1.94. The number of aromatic nitrogens is 3. The lowest BCUT2D eigenvalue weighted by molar-refractivity contribution is 0.0946. The van der Waals surface area contributed by atoms with Crippen LogP contribution >= 0.6 is 0 Å². The first-order valence-corrected chi connectivity index (χ1v) is 8.62. The summed E-state index contributed by atoms with van der Waals surface area (Å²) >= 11 is 0. The Morgan fingerprint density at radius 3 is 2.83 bits per heavy atom. The van der Waals surface area contributed by atoms with E-state index in [1.54, 1.807) is 12.4 Å². The van der Waals surface area contributed by atoms with Crippen LogP contribution in [0.4, 0.5) is 5.95 Å². The average Bonchev–Trinajstić information content (AvgIpc) is 3.04. The van der Waals surface area contributed by atoms with E-state index in [4.69, 9.17) is 4.74 Å². The fraction of sp³-hybridized carbons (Fsp3) is 0.500. The SMILES string of the molecule is c1cnc(NC[C@@H]2OC[C@H]3CN(Cc4ccncc4)CC[C@H]32)nc1. The molecule has 4 rings (SSSR count). The Hall–Kier alpha value is -2.05. The second kappa shape index (κ2) is 7.23. The molecule has 3 atom stereocenters. The lowest BCUT2D eigenvalue weighted by atomic mass is 9.84. The maximum atomic E-state index is 6.07. The van der Waals surface area contributed by atoms with Crippen LogP contribution in [0.2, 0.25) is 0 Å². The van der Waals surface area contributed by atoms with E-state index in [1.807, 2.05) is 18.5 Å². The highest BCUT2D eigenvalue weighted by Crippen LogP contribution is 2.34. The molecule has 24 heavy (non-hydrogen) atoms. The third-order valence-corrected chi connectivity index (χ3v) is 5.06. The van der Waals surface area contributed by atoms with Crippen molar-refractivity contribution in [2.24, 2.45) is 11.8 Å². The summed E-state index contributed by atoms with van der Waals surface area (Å²) in [5, 5.41) is 3.30. The van der Waals surface area contributed by atoms with Gasteiger partial charge in [0.15, 0.2) is 0 Å². The number of fused-ring (bicyclic) bond motifs is 1. The molecule has 2 aromatic heterocycles. The summed E-state index contributed by atoms with van der Waals surface area (Å²) in [6, 6.07) is 6.03. The number of anilines is 1. The van der Waals surface area contributed by atoms with Crippen LogP contribution in [0, 0.1) is 11.8 Å². The third-order valence-electron chi connectivity index (χ3n) is 5.06. The zero-order valence-corrected chi connectivity index (χ0v) is 13.7. The van der Waals surface area contributed by atoms with Crippen molar-refractivity contribution in [3.8, 4) is 0 Å². The summed E-state index contributed by atoms with van der Waals surface area (Å²) in [4.78, 5) is 15.1. The number of rotatable bonds is 5. The number of likely N-dealkylation sites (tertiary alicyclic amines) is 1. The van der Waals surface area contributed by atoms with Gasteiger partial charge >= 0.3 is 0 Å². The average molecular weight is 325 g/mol. The summed E-state index contributed by atoms with van der Waals surface area (Å²) in [6.07, 6.45) is 8.71. The first-order chi connectivity index (χ1) is 11.9. The molecule has 0 unspecified atom stereocenters. The first kappa shape index (κ1) is 15.5. The van der Waals surface area contributed by atoms with Crippen LogP contribution in [0.1, 0.15) is 12.0 Å². The number of pyridine rings is 1. The van der Waals surface area contributed by atoms with Crippen molar-refractivity contribution in [1.29, 1.82) is 0 Å². The van der Waals surface area contributed by atoms with Crippen molar-refractivity contribution >= 4 is 5.95 Å². The Morgan fingerprint density at radius 1 is 1.17 bits per heavy atom. The van der Waals surface area contributed by atoms with Crippen LogP contribution in [-0.4, -0.2) is 52.2 Å². The highest BCUT2D eigenvalue weighted by atomic mass is 16.5. The molecular weight excluding hydrogens is 302 g/mol. The van der Waals surface area contributed by atoms with Gasteiger partial charge < -0.3 is 10.1 Å². The quantitative estimate of drug-likeness (QED) is 0.905. The topological polar surface area (TPSA) is 63.2 Å². The van der Waals surface area contributed by atoms with Gasteiger partial charge in [0.05, 0.1) is 12.7 Å². The monoisotopic (exact) mass is 325 g/mol. The molecule has 0 bridgehead atoms. The molecule has 2 aromatic rings. The van der Waals surface area contributed by atoms with Crippen LogP contribution in [0.15, 0.2) is 43.0 Å². The van der Waals surface area contributed by atoms with E-state index in [1.165, 1.54) is 12.0 Å². The highest BCUT2D eigenvalue weighted by molar-refractivity contribution is 5.22. The number of ether oxygens (including phenoxy) is 1. The van der Waals surface area contributed by atoms with Crippen LogP contribution in [0.25, 0.3) is 0 Å². The molecule has 0 aliphatic carbocycles. The van der Waals surface area contributed by atoms with Crippen molar-refractivity contribution in [3.05, 3.63) is 48.5 Å². The maximum absolute atomic E-state index is 6.07. The molecule has 1 N–H and O–H groups in total. The number of nitrogens with one attached hydrogen (secondary N) is 1. The van der Waals surface area contributed by atoms with Gasteiger partial charge in [-0.25, -0.2) is 9.97 Å². The lowest BCUT2D eigenvalue weighted by Gasteiger charge is -2.35. The number of nitrogens with zero attached hydrogens (tertiary/aromatic N) is 4. The third kappa shape index (κ3) is 3.55. The highest BCUT2D eigenvalue weighted by Gasteiger charge is 2.40. The van der Waals surface area contributed by atoms with Crippen molar-refractivity contribution in [2.75, 3.05) is 31.6 Å². The molecule has 0 saturated carbocycles. The second-order valence-corrected chi connectivity index (χ2v) is 6.63. The molecular formula is C18H23N5O. The molecule has 2 aliphatic heterocycles. The van der Waals surface area contributed by atoms with E-state index >= 15 is 0 Å². The summed E-state index contributed by atoms with van der Waals surface area (Å²) < 4.78 is 6.07. The Labute approximate surface area is 142 Å². The summed E-state index contributed by atoms with van der Waals surface area (Å²) in [7, 11) is 0. The van der Waals surface area contributed by atoms with Crippen molar-refractivity contribution in [2.45, 2.75) is 19.1 Å². The summed E-state index contributed by atoms with van der Waals surface area (Å²) in [5.41, 5.74) is 1.34. The van der Waals surface area contributed by atoms with Gasteiger partial charge in [-0.15, -0.1) is 0 Å². The molecule has 2 aliphatic rings. The Bertz CT molecular complexity index is 638. The smallest absolute Gasteiger partial charge is 0.222 e. The first-order valence-electron chi connectivity index (χ1n) is 8.62. The van der Waals surface area contributed by atoms with Crippen molar-refractivity contribution in [3.63, 3.8) is 0 Å². The molecule has 126 valence electrons.